The molecule has 2 aromatic carbocycles. The van der Waals surface area contributed by atoms with Crippen LogP contribution < -0.4 is 5.32 Å². The van der Waals surface area contributed by atoms with E-state index in [1.165, 1.54) is 17.5 Å². The van der Waals surface area contributed by atoms with Crippen LogP contribution in [0.3, 0.4) is 0 Å². The molecule has 1 amide bonds. The molecule has 1 N–H and O–H groups in total. The Hall–Kier alpha value is -2.22. The van der Waals surface area contributed by atoms with Gasteiger partial charge in [0.1, 0.15) is 0 Å². The number of nitrogens with one attached hydrogen (secondary N) is 1. The van der Waals surface area contributed by atoms with Crippen molar-refractivity contribution in [2.24, 2.45) is 0 Å². The summed E-state index contributed by atoms with van der Waals surface area (Å²) >= 11 is 0. The Kier molecular flexibility index (Phi) is 6.46. The van der Waals surface area contributed by atoms with Crippen LogP contribution in [0.5, 0.6) is 0 Å². The highest BCUT2D eigenvalue weighted by atomic mass is 32.2. The molecule has 0 spiro atoms. The van der Waals surface area contributed by atoms with E-state index in [2.05, 4.69) is 5.32 Å². The number of anilines is 1. The second-order valence-corrected chi connectivity index (χ2v) is 10.6. The number of rotatable bonds is 5. The summed E-state index contributed by atoms with van der Waals surface area (Å²) in [7, 11) is -3.50. The zero-order chi connectivity index (χ0) is 22.0. The van der Waals surface area contributed by atoms with Gasteiger partial charge in [0.25, 0.3) is 0 Å². The molecule has 0 radical (unpaired) electrons. The standard InChI is InChI=1S/C24H31N3O3S/c1-18-6-5-9-23(19(18)2)25-24(28)17-26-12-14-27(15-13-26)31(29,30)22-11-10-20-7-3-4-8-21(20)16-22/h5-6,9-11,16H,3-4,7-8,12-15,17H2,1-2H3,(H,25,28). The van der Waals surface area contributed by atoms with Crippen LogP contribution >= 0.6 is 0 Å². The number of amides is 1. The highest BCUT2D eigenvalue weighted by Crippen LogP contribution is 2.26. The van der Waals surface area contributed by atoms with Crippen molar-refractivity contribution >= 4 is 21.6 Å². The van der Waals surface area contributed by atoms with E-state index in [-0.39, 0.29) is 12.5 Å². The second-order valence-electron chi connectivity index (χ2n) is 8.61. The fraction of sp³-hybridized carbons (Fsp3) is 0.458. The minimum atomic E-state index is -3.50. The number of carbonyl (C=O) groups is 1. The molecule has 1 heterocycles. The third kappa shape index (κ3) is 4.84. The largest absolute Gasteiger partial charge is 0.325 e. The first-order valence-corrected chi connectivity index (χ1v) is 12.5. The fourth-order valence-corrected chi connectivity index (χ4v) is 5.90. The molecule has 0 atom stereocenters. The van der Waals surface area contributed by atoms with Crippen molar-refractivity contribution in [3.8, 4) is 0 Å². The summed E-state index contributed by atoms with van der Waals surface area (Å²) in [6.45, 7) is 6.17. The molecule has 0 aromatic heterocycles. The van der Waals surface area contributed by atoms with Gasteiger partial charge in [-0.2, -0.15) is 4.31 Å². The zero-order valence-corrected chi connectivity index (χ0v) is 19.2. The fourth-order valence-electron chi connectivity index (χ4n) is 4.43. The molecule has 1 aliphatic carbocycles. The second kappa shape index (κ2) is 9.10. The van der Waals surface area contributed by atoms with Gasteiger partial charge in [-0.3, -0.25) is 9.69 Å². The van der Waals surface area contributed by atoms with Crippen molar-refractivity contribution in [3.05, 3.63) is 58.7 Å². The van der Waals surface area contributed by atoms with E-state index in [1.54, 1.807) is 10.4 Å². The predicted octanol–water partition coefficient (Wildman–Crippen LogP) is 3.13. The minimum absolute atomic E-state index is 0.0697. The van der Waals surface area contributed by atoms with Crippen molar-refractivity contribution in [3.63, 3.8) is 0 Å². The normalized spacial score (nSPS) is 17.9. The number of carbonyl (C=O) groups excluding carboxylic acids is 1. The highest BCUT2D eigenvalue weighted by molar-refractivity contribution is 7.89. The third-order valence-electron chi connectivity index (χ3n) is 6.53. The van der Waals surface area contributed by atoms with Crippen molar-refractivity contribution in [2.75, 3.05) is 38.0 Å². The molecule has 7 heteroatoms. The molecule has 1 fully saturated rings. The van der Waals surface area contributed by atoms with Gasteiger partial charge in [0.15, 0.2) is 0 Å². The van der Waals surface area contributed by atoms with Gasteiger partial charge >= 0.3 is 0 Å². The number of fused-ring (bicyclic) bond motifs is 1. The molecule has 2 aliphatic rings. The van der Waals surface area contributed by atoms with Crippen molar-refractivity contribution in [1.82, 2.24) is 9.21 Å². The van der Waals surface area contributed by atoms with Gasteiger partial charge in [-0.1, -0.05) is 18.2 Å². The summed E-state index contributed by atoms with van der Waals surface area (Å²) in [6, 6.07) is 11.5. The lowest BCUT2D eigenvalue weighted by Gasteiger charge is -2.33. The zero-order valence-electron chi connectivity index (χ0n) is 18.4. The number of sulfonamides is 1. The van der Waals surface area contributed by atoms with E-state index in [0.29, 0.717) is 31.1 Å². The Morgan fingerprint density at radius 3 is 2.42 bits per heavy atom. The molecule has 2 aromatic rings. The van der Waals surface area contributed by atoms with Gasteiger partial charge in [-0.05, 0) is 80.0 Å². The van der Waals surface area contributed by atoms with Crippen LogP contribution in [-0.4, -0.2) is 56.3 Å². The Labute approximate surface area is 185 Å². The Morgan fingerprint density at radius 1 is 0.968 bits per heavy atom. The first-order valence-electron chi connectivity index (χ1n) is 11.0. The van der Waals surface area contributed by atoms with Crippen LogP contribution in [0.15, 0.2) is 41.3 Å². The number of benzene rings is 2. The molecule has 0 unspecified atom stereocenters. The molecule has 6 nitrogen and oxygen atoms in total. The van der Waals surface area contributed by atoms with E-state index < -0.39 is 10.0 Å². The van der Waals surface area contributed by atoms with Gasteiger partial charge in [0, 0.05) is 31.9 Å². The summed E-state index contributed by atoms with van der Waals surface area (Å²) in [5.74, 6) is -0.0697. The molecule has 31 heavy (non-hydrogen) atoms. The first-order chi connectivity index (χ1) is 14.8. The SMILES string of the molecule is Cc1cccc(NC(=O)CN2CCN(S(=O)(=O)c3ccc4c(c3)CCCC4)CC2)c1C. The maximum Gasteiger partial charge on any atom is 0.243 e. The van der Waals surface area contributed by atoms with Crippen LogP contribution in [0.25, 0.3) is 0 Å². The van der Waals surface area contributed by atoms with E-state index in [4.69, 9.17) is 0 Å². The minimum Gasteiger partial charge on any atom is -0.325 e. The number of piperazine rings is 1. The van der Waals surface area contributed by atoms with Crippen LogP contribution in [0.4, 0.5) is 5.69 Å². The molecule has 0 saturated carbocycles. The summed E-state index contributed by atoms with van der Waals surface area (Å²) in [5.41, 5.74) is 5.49. The van der Waals surface area contributed by atoms with E-state index >= 15 is 0 Å². The van der Waals surface area contributed by atoms with Crippen molar-refractivity contribution in [1.29, 1.82) is 0 Å². The van der Waals surface area contributed by atoms with E-state index in [1.807, 2.05) is 49.1 Å². The quantitative estimate of drug-likeness (QED) is 0.774. The lowest BCUT2D eigenvalue weighted by Crippen LogP contribution is -2.50. The monoisotopic (exact) mass is 441 g/mol. The van der Waals surface area contributed by atoms with Gasteiger partial charge in [0.05, 0.1) is 11.4 Å². The topological polar surface area (TPSA) is 69.7 Å². The summed E-state index contributed by atoms with van der Waals surface area (Å²) in [6.07, 6.45) is 4.30. The number of hydrogen-bond acceptors (Lipinski definition) is 4. The lowest BCUT2D eigenvalue weighted by atomic mass is 9.92. The van der Waals surface area contributed by atoms with Crippen LogP contribution in [0, 0.1) is 13.8 Å². The molecule has 0 bridgehead atoms. The Bertz CT molecular complexity index is 1070. The van der Waals surface area contributed by atoms with Crippen molar-refractivity contribution in [2.45, 2.75) is 44.4 Å². The predicted molar refractivity (Wildman–Crippen MR) is 123 cm³/mol. The molecule has 4 rings (SSSR count). The molecule has 166 valence electrons. The molecule has 1 aliphatic heterocycles. The van der Waals surface area contributed by atoms with E-state index in [9.17, 15) is 13.2 Å². The molecular formula is C24H31N3O3S. The first kappa shape index (κ1) is 22.0. The average Bonchev–Trinajstić information content (AvgIpc) is 2.77. The lowest BCUT2D eigenvalue weighted by molar-refractivity contribution is -0.117. The summed E-state index contributed by atoms with van der Waals surface area (Å²) in [5, 5.41) is 2.98. The number of aryl methyl sites for hydroxylation is 3. The van der Waals surface area contributed by atoms with Crippen molar-refractivity contribution < 1.29 is 13.2 Å². The third-order valence-corrected chi connectivity index (χ3v) is 8.43. The highest BCUT2D eigenvalue weighted by Gasteiger charge is 2.29. The summed E-state index contributed by atoms with van der Waals surface area (Å²) in [4.78, 5) is 14.9. The van der Waals surface area contributed by atoms with Crippen LogP contribution in [0.2, 0.25) is 0 Å². The Balaban J connectivity index is 1.35. The van der Waals surface area contributed by atoms with Gasteiger partial charge in [0.2, 0.25) is 15.9 Å². The average molecular weight is 442 g/mol. The van der Waals surface area contributed by atoms with Gasteiger partial charge in [-0.25, -0.2) is 8.42 Å². The number of hydrogen-bond donors (Lipinski definition) is 1. The van der Waals surface area contributed by atoms with Crippen LogP contribution in [0.1, 0.15) is 35.1 Å². The Morgan fingerprint density at radius 2 is 1.68 bits per heavy atom. The van der Waals surface area contributed by atoms with Crippen LogP contribution in [-0.2, 0) is 27.7 Å². The maximum absolute atomic E-state index is 13.1. The summed E-state index contributed by atoms with van der Waals surface area (Å²) < 4.78 is 27.8. The van der Waals surface area contributed by atoms with Gasteiger partial charge < -0.3 is 5.32 Å². The maximum atomic E-state index is 13.1. The number of nitrogens with zero attached hydrogens (tertiary/aromatic N) is 2. The van der Waals surface area contributed by atoms with Gasteiger partial charge in [-0.15, -0.1) is 0 Å². The molecular weight excluding hydrogens is 410 g/mol. The molecule has 1 saturated heterocycles. The van der Waals surface area contributed by atoms with E-state index in [0.717, 1.165) is 36.1 Å². The smallest absolute Gasteiger partial charge is 0.243 e.